The van der Waals surface area contributed by atoms with Gasteiger partial charge in [0.05, 0.1) is 11.8 Å². The minimum Gasteiger partial charge on any atom is -0.503 e. The van der Waals surface area contributed by atoms with Crippen LogP contribution in [0.5, 0.6) is 0 Å². The zero-order valence-electron chi connectivity index (χ0n) is 14.6. The number of amides is 1. The Balaban J connectivity index is 1.77. The molecule has 1 aromatic carbocycles. The molecule has 1 N–H and O–H groups in total. The molecule has 6 heteroatoms. The molecule has 3 heterocycles. The van der Waals surface area contributed by atoms with Gasteiger partial charge in [-0.2, -0.15) is 0 Å². The summed E-state index contributed by atoms with van der Waals surface area (Å²) in [6, 6.07) is 15.1. The van der Waals surface area contributed by atoms with Gasteiger partial charge in [0, 0.05) is 6.54 Å². The summed E-state index contributed by atoms with van der Waals surface area (Å²) >= 11 is 0. The highest BCUT2D eigenvalue weighted by Crippen LogP contribution is 2.40. The van der Waals surface area contributed by atoms with Crippen LogP contribution in [0.1, 0.15) is 33.7 Å². The fourth-order valence-corrected chi connectivity index (χ4v) is 3.26. The zero-order chi connectivity index (χ0) is 19.0. The number of Topliss-reactive ketones (excluding diaryl/α,β-unsaturated/α-hetero) is 1. The molecule has 0 saturated carbocycles. The molecule has 0 aliphatic carbocycles. The lowest BCUT2D eigenvalue weighted by Crippen LogP contribution is -2.30. The molecule has 0 spiro atoms. The lowest BCUT2D eigenvalue weighted by molar-refractivity contribution is -0.130. The van der Waals surface area contributed by atoms with Gasteiger partial charge in [-0.05, 0) is 36.8 Å². The number of rotatable bonds is 5. The number of hydrogen-bond donors (Lipinski definition) is 1. The summed E-state index contributed by atoms with van der Waals surface area (Å²) < 4.78 is 10.9. The maximum absolute atomic E-state index is 13.0. The van der Waals surface area contributed by atoms with Crippen molar-refractivity contribution in [3.8, 4) is 0 Å². The van der Waals surface area contributed by atoms with Crippen LogP contribution in [-0.2, 0) is 11.3 Å². The predicted octanol–water partition coefficient (Wildman–Crippen LogP) is 3.96. The van der Waals surface area contributed by atoms with Gasteiger partial charge in [0.25, 0.3) is 5.91 Å². The Hall–Kier alpha value is -3.54. The number of carbonyl (C=O) groups excluding carboxylic acids is 2. The minimum absolute atomic E-state index is 0.0415. The average Bonchev–Trinajstić information content (AvgIpc) is 3.39. The van der Waals surface area contributed by atoms with E-state index >= 15 is 0 Å². The molecule has 0 fully saturated rings. The van der Waals surface area contributed by atoms with Gasteiger partial charge in [0.15, 0.2) is 11.5 Å². The Morgan fingerprint density at radius 2 is 1.89 bits per heavy atom. The summed E-state index contributed by atoms with van der Waals surface area (Å²) in [6.07, 6.45) is 1.47. The van der Waals surface area contributed by atoms with Crippen LogP contribution < -0.4 is 0 Å². The summed E-state index contributed by atoms with van der Waals surface area (Å²) in [7, 11) is 0. The van der Waals surface area contributed by atoms with Crippen molar-refractivity contribution in [2.75, 3.05) is 0 Å². The summed E-state index contributed by atoms with van der Waals surface area (Å²) in [5.74, 6) is -0.697. The summed E-state index contributed by atoms with van der Waals surface area (Å²) in [4.78, 5) is 27.2. The molecule has 1 amide bonds. The van der Waals surface area contributed by atoms with Gasteiger partial charge in [-0.3, -0.25) is 9.59 Å². The quantitative estimate of drug-likeness (QED) is 0.694. The molecular formula is C21H17NO5. The zero-order valence-corrected chi connectivity index (χ0v) is 14.6. The van der Waals surface area contributed by atoms with E-state index in [4.69, 9.17) is 8.83 Å². The van der Waals surface area contributed by atoms with E-state index in [-0.39, 0.29) is 17.9 Å². The number of aliphatic hydroxyl groups is 1. The molecule has 1 aliphatic heterocycles. The smallest absolute Gasteiger partial charge is 0.290 e. The standard InChI is InChI=1S/C21H17NO5/c1-13-9-10-16(27-13)19(23)17-18(15-8-5-11-26-15)22(21(25)20(17)24)12-14-6-3-2-4-7-14/h2-11,18,24H,12H2,1H3. The second kappa shape index (κ2) is 6.64. The highest BCUT2D eigenvalue weighted by molar-refractivity contribution is 6.14. The van der Waals surface area contributed by atoms with Crippen LogP contribution in [0.15, 0.2) is 81.0 Å². The molecule has 1 atom stereocenters. The first kappa shape index (κ1) is 16.9. The van der Waals surface area contributed by atoms with Gasteiger partial charge in [-0.15, -0.1) is 0 Å². The van der Waals surface area contributed by atoms with E-state index in [1.807, 2.05) is 30.3 Å². The Bertz CT molecular complexity index is 1010. The van der Waals surface area contributed by atoms with Gasteiger partial charge < -0.3 is 18.8 Å². The van der Waals surface area contributed by atoms with Crippen molar-refractivity contribution in [3.05, 3.63) is 95.0 Å². The third kappa shape index (κ3) is 2.95. The lowest BCUT2D eigenvalue weighted by Gasteiger charge is -2.24. The molecule has 2 aromatic heterocycles. The highest BCUT2D eigenvalue weighted by atomic mass is 16.3. The third-order valence-corrected chi connectivity index (χ3v) is 4.52. The van der Waals surface area contributed by atoms with Crippen molar-refractivity contribution in [2.45, 2.75) is 19.5 Å². The van der Waals surface area contributed by atoms with Crippen LogP contribution in [0.2, 0.25) is 0 Å². The van der Waals surface area contributed by atoms with Gasteiger partial charge >= 0.3 is 0 Å². The maximum atomic E-state index is 13.0. The highest BCUT2D eigenvalue weighted by Gasteiger charge is 2.45. The first-order valence-corrected chi connectivity index (χ1v) is 8.49. The Morgan fingerprint density at radius 3 is 2.52 bits per heavy atom. The number of furan rings is 2. The van der Waals surface area contributed by atoms with Crippen LogP contribution in [-0.4, -0.2) is 21.7 Å². The van der Waals surface area contributed by atoms with Crippen LogP contribution in [0, 0.1) is 6.92 Å². The second-order valence-corrected chi connectivity index (χ2v) is 6.34. The molecule has 0 radical (unpaired) electrons. The van der Waals surface area contributed by atoms with Crippen molar-refractivity contribution in [3.63, 3.8) is 0 Å². The first-order chi connectivity index (χ1) is 13.1. The van der Waals surface area contributed by atoms with Crippen LogP contribution in [0.25, 0.3) is 0 Å². The second-order valence-electron chi connectivity index (χ2n) is 6.34. The van der Waals surface area contributed by atoms with Crippen molar-refractivity contribution in [1.29, 1.82) is 0 Å². The number of aryl methyl sites for hydroxylation is 1. The number of carbonyl (C=O) groups is 2. The number of nitrogens with zero attached hydrogens (tertiary/aromatic N) is 1. The lowest BCUT2D eigenvalue weighted by atomic mass is 9.99. The van der Waals surface area contributed by atoms with E-state index in [0.717, 1.165) is 5.56 Å². The van der Waals surface area contributed by atoms with Gasteiger partial charge in [-0.1, -0.05) is 30.3 Å². The van der Waals surface area contributed by atoms with Crippen molar-refractivity contribution in [2.24, 2.45) is 0 Å². The van der Waals surface area contributed by atoms with E-state index < -0.39 is 23.5 Å². The predicted molar refractivity (Wildman–Crippen MR) is 95.9 cm³/mol. The number of hydrogen-bond acceptors (Lipinski definition) is 5. The molecular weight excluding hydrogens is 346 g/mol. The Labute approximate surface area is 155 Å². The summed E-state index contributed by atoms with van der Waals surface area (Å²) in [6.45, 7) is 1.94. The van der Waals surface area contributed by atoms with Crippen molar-refractivity contribution >= 4 is 11.7 Å². The molecule has 6 nitrogen and oxygen atoms in total. The Morgan fingerprint density at radius 1 is 1.11 bits per heavy atom. The van der Waals surface area contributed by atoms with Crippen molar-refractivity contribution < 1.29 is 23.5 Å². The number of ketones is 1. The molecule has 1 unspecified atom stereocenters. The van der Waals surface area contributed by atoms with Crippen LogP contribution >= 0.6 is 0 Å². The molecule has 4 rings (SSSR count). The topological polar surface area (TPSA) is 83.9 Å². The van der Waals surface area contributed by atoms with E-state index in [9.17, 15) is 14.7 Å². The van der Waals surface area contributed by atoms with Gasteiger partial charge in [-0.25, -0.2) is 0 Å². The Kier molecular flexibility index (Phi) is 4.16. The largest absolute Gasteiger partial charge is 0.503 e. The molecule has 0 bridgehead atoms. The normalized spacial score (nSPS) is 17.0. The van der Waals surface area contributed by atoms with Gasteiger partial charge in [0.1, 0.15) is 17.6 Å². The van der Waals surface area contributed by atoms with Crippen LogP contribution in [0.3, 0.4) is 0 Å². The van der Waals surface area contributed by atoms with Crippen LogP contribution in [0.4, 0.5) is 0 Å². The molecule has 27 heavy (non-hydrogen) atoms. The molecule has 1 aliphatic rings. The van der Waals surface area contributed by atoms with E-state index in [1.165, 1.54) is 17.2 Å². The average molecular weight is 363 g/mol. The third-order valence-electron chi connectivity index (χ3n) is 4.52. The van der Waals surface area contributed by atoms with Gasteiger partial charge in [0.2, 0.25) is 5.78 Å². The maximum Gasteiger partial charge on any atom is 0.290 e. The van der Waals surface area contributed by atoms with E-state index in [0.29, 0.717) is 11.5 Å². The number of benzene rings is 1. The van der Waals surface area contributed by atoms with Crippen molar-refractivity contribution in [1.82, 2.24) is 4.90 Å². The monoisotopic (exact) mass is 363 g/mol. The van der Waals surface area contributed by atoms with E-state index in [1.54, 1.807) is 25.1 Å². The minimum atomic E-state index is -0.828. The summed E-state index contributed by atoms with van der Waals surface area (Å²) in [5, 5.41) is 10.5. The fraction of sp³-hybridized carbons (Fsp3) is 0.143. The molecule has 0 saturated heterocycles. The fourth-order valence-electron chi connectivity index (χ4n) is 3.26. The first-order valence-electron chi connectivity index (χ1n) is 8.49. The summed E-state index contributed by atoms with van der Waals surface area (Å²) in [5.41, 5.74) is 0.831. The van der Waals surface area contributed by atoms with E-state index in [2.05, 4.69) is 0 Å². The SMILES string of the molecule is Cc1ccc(C(=O)C2=C(O)C(=O)N(Cc3ccccc3)C2c2ccco2)o1. The molecule has 3 aromatic rings. The molecule has 136 valence electrons. The number of aliphatic hydroxyl groups excluding tert-OH is 1.